The lowest BCUT2D eigenvalue weighted by atomic mass is 10.0. The van der Waals surface area contributed by atoms with Crippen molar-refractivity contribution in [3.63, 3.8) is 0 Å². The SMILES string of the molecule is CCCCCCCCCCCCCCOS(=O)OCC(CC)CCCC. The molecule has 0 spiro atoms. The molecule has 0 amide bonds. The molecule has 2 atom stereocenters. The predicted molar refractivity (Wildman–Crippen MR) is 114 cm³/mol. The normalized spacial score (nSPS) is 13.8. The molecule has 0 radical (unpaired) electrons. The van der Waals surface area contributed by atoms with Crippen molar-refractivity contribution in [1.29, 1.82) is 0 Å². The summed E-state index contributed by atoms with van der Waals surface area (Å²) >= 11 is -1.56. The lowest BCUT2D eigenvalue weighted by molar-refractivity contribution is 0.205. The molecule has 0 aromatic heterocycles. The largest absolute Gasteiger partial charge is 0.304 e. The summed E-state index contributed by atoms with van der Waals surface area (Å²) in [6, 6.07) is 0. The van der Waals surface area contributed by atoms with Crippen molar-refractivity contribution < 1.29 is 12.6 Å². The first kappa shape index (κ1) is 26.1. The molecule has 0 aliphatic carbocycles. The standard InChI is InChI=1S/C22H46O3S/c1-4-7-9-10-11-12-13-14-15-16-17-18-20-24-26(23)25-21-22(6-3)19-8-5-2/h22H,4-21H2,1-3H3. The van der Waals surface area contributed by atoms with Crippen LogP contribution in [0.25, 0.3) is 0 Å². The van der Waals surface area contributed by atoms with Crippen molar-refractivity contribution in [3.05, 3.63) is 0 Å². The van der Waals surface area contributed by atoms with Crippen LogP contribution in [0, 0.1) is 5.92 Å². The third kappa shape index (κ3) is 18.8. The molecular formula is C22H46O3S. The fourth-order valence-electron chi connectivity index (χ4n) is 3.15. The first-order valence-electron chi connectivity index (χ1n) is 11.4. The maximum atomic E-state index is 11.7. The second-order valence-electron chi connectivity index (χ2n) is 7.62. The summed E-state index contributed by atoms with van der Waals surface area (Å²) in [6.45, 7) is 7.74. The van der Waals surface area contributed by atoms with Crippen LogP contribution < -0.4 is 0 Å². The van der Waals surface area contributed by atoms with Gasteiger partial charge in [0.1, 0.15) is 0 Å². The number of rotatable bonds is 21. The van der Waals surface area contributed by atoms with Gasteiger partial charge in [-0.15, -0.1) is 0 Å². The fraction of sp³-hybridized carbons (Fsp3) is 1.00. The minimum atomic E-state index is -1.56. The van der Waals surface area contributed by atoms with Gasteiger partial charge in [-0.1, -0.05) is 111 Å². The van der Waals surface area contributed by atoms with Gasteiger partial charge in [0.05, 0.1) is 13.2 Å². The van der Waals surface area contributed by atoms with E-state index in [1.54, 1.807) is 0 Å². The first-order valence-corrected chi connectivity index (χ1v) is 12.4. The molecule has 26 heavy (non-hydrogen) atoms. The molecule has 0 aromatic rings. The van der Waals surface area contributed by atoms with E-state index in [4.69, 9.17) is 8.37 Å². The van der Waals surface area contributed by atoms with Crippen molar-refractivity contribution in [2.45, 2.75) is 124 Å². The van der Waals surface area contributed by atoms with Crippen molar-refractivity contribution in [3.8, 4) is 0 Å². The molecular weight excluding hydrogens is 344 g/mol. The molecule has 0 aliphatic heterocycles. The lowest BCUT2D eigenvalue weighted by Gasteiger charge is -2.13. The van der Waals surface area contributed by atoms with Gasteiger partial charge in [0.25, 0.3) is 0 Å². The Kier molecular flexibility index (Phi) is 21.4. The molecule has 0 aliphatic rings. The van der Waals surface area contributed by atoms with Gasteiger partial charge in [-0.2, -0.15) is 4.21 Å². The Labute approximate surface area is 166 Å². The van der Waals surface area contributed by atoms with E-state index in [1.165, 1.54) is 83.5 Å². The van der Waals surface area contributed by atoms with Gasteiger partial charge in [-0.05, 0) is 18.8 Å². The summed E-state index contributed by atoms with van der Waals surface area (Å²) < 4.78 is 22.3. The quantitative estimate of drug-likeness (QED) is 0.190. The fourth-order valence-corrected chi connectivity index (χ4v) is 3.78. The second kappa shape index (κ2) is 21.4. The Bertz CT molecular complexity index is 297. The predicted octanol–water partition coefficient (Wildman–Crippen LogP) is 7.52. The maximum Gasteiger partial charge on any atom is 0.304 e. The van der Waals surface area contributed by atoms with Gasteiger partial charge in [0.15, 0.2) is 0 Å². The van der Waals surface area contributed by atoms with E-state index in [0.717, 1.165) is 19.3 Å². The summed E-state index contributed by atoms with van der Waals surface area (Å²) in [6.07, 6.45) is 20.5. The van der Waals surface area contributed by atoms with Crippen molar-refractivity contribution >= 4 is 11.4 Å². The Morgan fingerprint density at radius 3 is 1.65 bits per heavy atom. The zero-order chi connectivity index (χ0) is 19.3. The minimum Gasteiger partial charge on any atom is -0.268 e. The molecule has 0 aromatic carbocycles. The summed E-state index contributed by atoms with van der Waals surface area (Å²) in [7, 11) is 0. The summed E-state index contributed by atoms with van der Waals surface area (Å²) in [5.74, 6) is 0.508. The number of unbranched alkanes of at least 4 members (excludes halogenated alkanes) is 12. The van der Waals surface area contributed by atoms with Crippen LogP contribution in [0.1, 0.15) is 124 Å². The van der Waals surface area contributed by atoms with Crippen LogP contribution >= 0.6 is 0 Å². The van der Waals surface area contributed by atoms with E-state index in [-0.39, 0.29) is 0 Å². The monoisotopic (exact) mass is 390 g/mol. The van der Waals surface area contributed by atoms with Crippen molar-refractivity contribution in [2.24, 2.45) is 5.92 Å². The van der Waals surface area contributed by atoms with Crippen LogP contribution in [0.2, 0.25) is 0 Å². The van der Waals surface area contributed by atoms with E-state index < -0.39 is 11.4 Å². The molecule has 158 valence electrons. The van der Waals surface area contributed by atoms with Crippen molar-refractivity contribution in [2.75, 3.05) is 13.2 Å². The Morgan fingerprint density at radius 2 is 1.15 bits per heavy atom. The summed E-state index contributed by atoms with van der Waals surface area (Å²) in [5.41, 5.74) is 0. The molecule has 3 nitrogen and oxygen atoms in total. The highest BCUT2D eigenvalue weighted by atomic mass is 32.2. The van der Waals surface area contributed by atoms with E-state index >= 15 is 0 Å². The molecule has 0 rings (SSSR count). The Morgan fingerprint density at radius 1 is 0.654 bits per heavy atom. The van der Waals surface area contributed by atoms with Crippen molar-refractivity contribution in [1.82, 2.24) is 0 Å². The van der Waals surface area contributed by atoms with E-state index in [9.17, 15) is 4.21 Å². The average Bonchev–Trinajstić information content (AvgIpc) is 2.65. The van der Waals surface area contributed by atoms with Crippen LogP contribution in [-0.2, 0) is 19.7 Å². The average molecular weight is 391 g/mol. The van der Waals surface area contributed by atoms with Gasteiger partial charge in [0.2, 0.25) is 0 Å². The van der Waals surface area contributed by atoms with Crippen LogP contribution in [0.3, 0.4) is 0 Å². The molecule has 0 heterocycles. The highest BCUT2D eigenvalue weighted by molar-refractivity contribution is 7.75. The molecule has 0 N–H and O–H groups in total. The molecule has 0 bridgehead atoms. The van der Waals surface area contributed by atoms with Crippen LogP contribution in [0.5, 0.6) is 0 Å². The van der Waals surface area contributed by atoms with E-state index in [0.29, 0.717) is 19.1 Å². The minimum absolute atomic E-state index is 0.508. The smallest absolute Gasteiger partial charge is 0.268 e. The maximum absolute atomic E-state index is 11.7. The topological polar surface area (TPSA) is 35.5 Å². The lowest BCUT2D eigenvalue weighted by Crippen LogP contribution is -2.12. The third-order valence-electron chi connectivity index (χ3n) is 5.12. The highest BCUT2D eigenvalue weighted by Crippen LogP contribution is 2.14. The van der Waals surface area contributed by atoms with Gasteiger partial charge in [-0.3, -0.25) is 8.37 Å². The van der Waals surface area contributed by atoms with Gasteiger partial charge >= 0.3 is 11.4 Å². The van der Waals surface area contributed by atoms with Gasteiger partial charge < -0.3 is 0 Å². The Hall–Kier alpha value is 0.0700. The summed E-state index contributed by atoms with van der Waals surface area (Å²) in [5, 5.41) is 0. The van der Waals surface area contributed by atoms with E-state index in [1.807, 2.05) is 0 Å². The molecule has 0 saturated carbocycles. The van der Waals surface area contributed by atoms with Crippen LogP contribution in [-0.4, -0.2) is 17.4 Å². The molecule has 2 unspecified atom stereocenters. The number of hydrogen-bond acceptors (Lipinski definition) is 3. The highest BCUT2D eigenvalue weighted by Gasteiger charge is 2.09. The second-order valence-corrected chi connectivity index (χ2v) is 8.50. The number of hydrogen-bond donors (Lipinski definition) is 0. The van der Waals surface area contributed by atoms with Crippen LogP contribution in [0.4, 0.5) is 0 Å². The molecule has 0 saturated heterocycles. The zero-order valence-corrected chi connectivity index (χ0v) is 18.8. The van der Waals surface area contributed by atoms with Gasteiger partial charge in [0, 0.05) is 0 Å². The van der Waals surface area contributed by atoms with Crippen LogP contribution in [0.15, 0.2) is 0 Å². The molecule has 4 heteroatoms. The van der Waals surface area contributed by atoms with Gasteiger partial charge in [-0.25, -0.2) is 0 Å². The molecule has 0 fully saturated rings. The first-order chi connectivity index (χ1) is 12.7. The zero-order valence-electron chi connectivity index (χ0n) is 17.9. The third-order valence-corrected chi connectivity index (χ3v) is 5.81. The Balaban J connectivity index is 3.30. The summed E-state index contributed by atoms with van der Waals surface area (Å²) in [4.78, 5) is 0. The van der Waals surface area contributed by atoms with E-state index in [2.05, 4.69) is 20.8 Å².